The summed E-state index contributed by atoms with van der Waals surface area (Å²) in [6.07, 6.45) is 3.46. The molecule has 0 saturated heterocycles. The highest BCUT2D eigenvalue weighted by Crippen LogP contribution is 2.30. The molecule has 2 aromatic rings. The standard InChI is InChI=1S/C13H15ClFNO2S/c1-8-9(5-3-4-6-15)18-13-10(19(2)17)7-11(14)16-12(8)13/h7H,3-6H2,1-2H3. The smallest absolute Gasteiger partial charge is 0.169 e. The van der Waals surface area contributed by atoms with Gasteiger partial charge in [0.25, 0.3) is 0 Å². The molecule has 0 aliphatic carbocycles. The third kappa shape index (κ3) is 2.98. The van der Waals surface area contributed by atoms with Crippen LogP contribution in [0.3, 0.4) is 0 Å². The summed E-state index contributed by atoms with van der Waals surface area (Å²) in [4.78, 5) is 4.78. The molecular weight excluding hydrogens is 289 g/mol. The van der Waals surface area contributed by atoms with Gasteiger partial charge in [-0.05, 0) is 25.8 Å². The molecule has 0 amide bonds. The molecular formula is C13H15ClFNO2S. The van der Waals surface area contributed by atoms with E-state index in [1.807, 2.05) is 6.92 Å². The highest BCUT2D eigenvalue weighted by atomic mass is 35.5. The van der Waals surface area contributed by atoms with Gasteiger partial charge in [-0.25, -0.2) is 4.98 Å². The van der Waals surface area contributed by atoms with E-state index in [1.54, 1.807) is 12.3 Å². The van der Waals surface area contributed by atoms with Crippen molar-refractivity contribution in [2.45, 2.75) is 31.1 Å². The second-order valence-electron chi connectivity index (χ2n) is 4.37. The third-order valence-electron chi connectivity index (χ3n) is 3.00. The molecule has 0 aliphatic heterocycles. The number of aryl methyl sites for hydroxylation is 2. The molecule has 6 heteroatoms. The van der Waals surface area contributed by atoms with Gasteiger partial charge in [0.1, 0.15) is 16.4 Å². The summed E-state index contributed by atoms with van der Waals surface area (Å²) in [6, 6.07) is 1.56. The molecule has 2 aromatic heterocycles. The summed E-state index contributed by atoms with van der Waals surface area (Å²) in [6.45, 7) is 1.57. The van der Waals surface area contributed by atoms with Crippen molar-refractivity contribution in [3.63, 3.8) is 0 Å². The van der Waals surface area contributed by atoms with Gasteiger partial charge in [0.2, 0.25) is 0 Å². The van der Waals surface area contributed by atoms with E-state index in [1.165, 1.54) is 0 Å². The lowest BCUT2D eigenvalue weighted by molar-refractivity contribution is 0.449. The zero-order chi connectivity index (χ0) is 14.0. The molecule has 1 atom stereocenters. The lowest BCUT2D eigenvalue weighted by Crippen LogP contribution is -1.90. The highest BCUT2D eigenvalue weighted by molar-refractivity contribution is 7.84. The van der Waals surface area contributed by atoms with Crippen LogP contribution in [0.25, 0.3) is 11.1 Å². The molecule has 0 bridgehead atoms. The zero-order valence-electron chi connectivity index (χ0n) is 10.8. The van der Waals surface area contributed by atoms with E-state index in [-0.39, 0.29) is 6.67 Å². The summed E-state index contributed by atoms with van der Waals surface area (Å²) < 4.78 is 29.6. The van der Waals surface area contributed by atoms with Crippen LogP contribution in [-0.4, -0.2) is 22.1 Å². The van der Waals surface area contributed by atoms with Gasteiger partial charge in [0, 0.05) is 18.2 Å². The van der Waals surface area contributed by atoms with Crippen molar-refractivity contribution in [3.05, 3.63) is 22.5 Å². The molecule has 0 spiro atoms. The summed E-state index contributed by atoms with van der Waals surface area (Å²) in [5.41, 5.74) is 2.06. The van der Waals surface area contributed by atoms with Gasteiger partial charge in [-0.15, -0.1) is 0 Å². The molecule has 0 N–H and O–H groups in total. The van der Waals surface area contributed by atoms with Crippen LogP contribution in [0.15, 0.2) is 15.4 Å². The van der Waals surface area contributed by atoms with Crippen LogP contribution in [0.5, 0.6) is 0 Å². The van der Waals surface area contributed by atoms with Crippen LogP contribution in [0.1, 0.15) is 24.2 Å². The van der Waals surface area contributed by atoms with Gasteiger partial charge in [-0.2, -0.15) is 0 Å². The fourth-order valence-corrected chi connectivity index (χ4v) is 2.93. The van der Waals surface area contributed by atoms with Crippen molar-refractivity contribution in [1.29, 1.82) is 0 Å². The number of hydrogen-bond donors (Lipinski definition) is 0. The number of nitrogens with zero attached hydrogens (tertiary/aromatic N) is 1. The fraction of sp³-hybridized carbons (Fsp3) is 0.462. The maximum absolute atomic E-state index is 12.1. The summed E-state index contributed by atoms with van der Waals surface area (Å²) >= 11 is 5.94. The van der Waals surface area contributed by atoms with Gasteiger partial charge in [0.05, 0.1) is 22.4 Å². The van der Waals surface area contributed by atoms with E-state index >= 15 is 0 Å². The van der Waals surface area contributed by atoms with E-state index in [9.17, 15) is 8.60 Å². The number of alkyl halides is 1. The quantitative estimate of drug-likeness (QED) is 0.623. The molecule has 19 heavy (non-hydrogen) atoms. The minimum atomic E-state index is -1.19. The maximum Gasteiger partial charge on any atom is 0.169 e. The average Bonchev–Trinajstić information content (AvgIpc) is 2.66. The number of rotatable bonds is 5. The van der Waals surface area contributed by atoms with Crippen molar-refractivity contribution in [3.8, 4) is 0 Å². The van der Waals surface area contributed by atoms with Crippen molar-refractivity contribution >= 4 is 33.5 Å². The van der Waals surface area contributed by atoms with Gasteiger partial charge >= 0.3 is 0 Å². The number of aromatic nitrogens is 1. The minimum Gasteiger partial charge on any atom is -0.458 e. The van der Waals surface area contributed by atoms with Gasteiger partial charge < -0.3 is 4.42 Å². The molecule has 3 nitrogen and oxygen atoms in total. The van der Waals surface area contributed by atoms with Gasteiger partial charge in [-0.1, -0.05) is 11.6 Å². The van der Waals surface area contributed by atoms with E-state index < -0.39 is 10.8 Å². The lowest BCUT2D eigenvalue weighted by Gasteiger charge is -1.98. The van der Waals surface area contributed by atoms with Crippen molar-refractivity contribution in [2.24, 2.45) is 0 Å². The number of hydrogen-bond acceptors (Lipinski definition) is 3. The van der Waals surface area contributed by atoms with Crippen molar-refractivity contribution in [1.82, 2.24) is 4.98 Å². The largest absolute Gasteiger partial charge is 0.458 e. The van der Waals surface area contributed by atoms with Crippen LogP contribution < -0.4 is 0 Å². The van der Waals surface area contributed by atoms with E-state index in [0.29, 0.717) is 34.0 Å². The molecule has 104 valence electrons. The van der Waals surface area contributed by atoms with E-state index in [0.717, 1.165) is 17.7 Å². The lowest BCUT2D eigenvalue weighted by atomic mass is 10.1. The highest BCUT2D eigenvalue weighted by Gasteiger charge is 2.17. The fourth-order valence-electron chi connectivity index (χ4n) is 2.00. The Morgan fingerprint density at radius 2 is 2.21 bits per heavy atom. The zero-order valence-corrected chi connectivity index (χ0v) is 12.4. The molecule has 1 unspecified atom stereocenters. The first-order valence-corrected chi connectivity index (χ1v) is 7.96. The molecule has 0 aliphatic rings. The van der Waals surface area contributed by atoms with Crippen molar-refractivity contribution in [2.75, 3.05) is 12.9 Å². The molecule has 2 heterocycles. The normalized spacial score (nSPS) is 13.1. The monoisotopic (exact) mass is 303 g/mol. The predicted molar refractivity (Wildman–Crippen MR) is 75.0 cm³/mol. The van der Waals surface area contributed by atoms with Crippen molar-refractivity contribution < 1.29 is 13.0 Å². The molecule has 2 rings (SSSR count). The first-order chi connectivity index (χ1) is 9.04. The number of halogens is 2. The topological polar surface area (TPSA) is 43.1 Å². The van der Waals surface area contributed by atoms with Crippen LogP contribution in [0.4, 0.5) is 4.39 Å². The summed E-state index contributed by atoms with van der Waals surface area (Å²) in [5, 5.41) is 0.303. The van der Waals surface area contributed by atoms with Crippen LogP contribution in [0.2, 0.25) is 5.15 Å². The average molecular weight is 304 g/mol. The predicted octanol–water partition coefficient (Wildman–Crippen LogP) is 3.82. The Bertz CT molecular complexity index is 627. The second kappa shape index (κ2) is 6.01. The summed E-state index contributed by atoms with van der Waals surface area (Å²) in [7, 11) is -1.19. The number of fused-ring (bicyclic) bond motifs is 1. The Morgan fingerprint density at radius 1 is 1.47 bits per heavy atom. The first kappa shape index (κ1) is 14.5. The van der Waals surface area contributed by atoms with Crippen LogP contribution in [-0.2, 0) is 17.2 Å². The Hall–Kier alpha value is -0.940. The van der Waals surface area contributed by atoms with Crippen LogP contribution in [0, 0.1) is 6.92 Å². The maximum atomic E-state index is 12.1. The Morgan fingerprint density at radius 3 is 2.84 bits per heavy atom. The number of pyridine rings is 1. The third-order valence-corrected chi connectivity index (χ3v) is 4.12. The summed E-state index contributed by atoms with van der Waals surface area (Å²) in [5.74, 6) is 0.768. The SMILES string of the molecule is Cc1c(CCCCF)oc2c(S(C)=O)cc(Cl)nc12. The van der Waals surface area contributed by atoms with Gasteiger partial charge in [-0.3, -0.25) is 8.60 Å². The molecule has 0 saturated carbocycles. The Labute approximate surface area is 118 Å². The number of unbranched alkanes of at least 4 members (excludes halogenated alkanes) is 1. The molecule has 0 fully saturated rings. The molecule has 0 aromatic carbocycles. The first-order valence-electron chi connectivity index (χ1n) is 6.02. The number of furan rings is 1. The van der Waals surface area contributed by atoms with Crippen LogP contribution >= 0.6 is 11.6 Å². The Kier molecular flexibility index (Phi) is 4.58. The second-order valence-corrected chi connectivity index (χ2v) is 6.11. The molecule has 0 radical (unpaired) electrons. The van der Waals surface area contributed by atoms with Gasteiger partial charge in [0.15, 0.2) is 5.58 Å². The minimum absolute atomic E-state index is 0.303. The Balaban J connectivity index is 2.49. The van der Waals surface area contributed by atoms with E-state index in [4.69, 9.17) is 16.0 Å². The van der Waals surface area contributed by atoms with E-state index in [2.05, 4.69) is 4.98 Å².